The lowest BCUT2D eigenvalue weighted by molar-refractivity contribution is -0.122. The van der Waals surface area contributed by atoms with Gasteiger partial charge in [0.15, 0.2) is 0 Å². The average molecular weight is 373 g/mol. The molecule has 1 aliphatic carbocycles. The molecule has 2 aromatic carbocycles. The topological polar surface area (TPSA) is 58.2 Å². The number of para-hydroxylation sites is 1. The van der Waals surface area contributed by atoms with Crippen LogP contribution < -0.4 is 10.6 Å². The summed E-state index contributed by atoms with van der Waals surface area (Å²) >= 11 is 3.37. The fourth-order valence-electron chi connectivity index (χ4n) is 2.51. The number of amides is 2. The lowest BCUT2D eigenvalue weighted by Crippen LogP contribution is -2.20. The first-order valence-corrected chi connectivity index (χ1v) is 8.27. The van der Waals surface area contributed by atoms with Gasteiger partial charge in [-0.2, -0.15) is 0 Å². The Morgan fingerprint density at radius 2 is 1.70 bits per heavy atom. The van der Waals surface area contributed by atoms with Crippen molar-refractivity contribution >= 4 is 39.1 Å². The first kappa shape index (κ1) is 15.7. The molecule has 3 rings (SSSR count). The van der Waals surface area contributed by atoms with Crippen molar-refractivity contribution in [2.45, 2.75) is 13.3 Å². The number of hydrogen-bond donors (Lipinski definition) is 2. The molecule has 1 fully saturated rings. The van der Waals surface area contributed by atoms with Gasteiger partial charge in [0, 0.05) is 15.8 Å². The Balaban J connectivity index is 1.57. The third-order valence-corrected chi connectivity index (χ3v) is 4.45. The molecule has 1 aliphatic rings. The Morgan fingerprint density at radius 3 is 2.39 bits per heavy atom. The highest BCUT2D eigenvalue weighted by atomic mass is 79.9. The molecule has 0 heterocycles. The van der Waals surface area contributed by atoms with Crippen molar-refractivity contribution in [1.29, 1.82) is 0 Å². The number of halogens is 1. The number of benzene rings is 2. The summed E-state index contributed by atoms with van der Waals surface area (Å²) in [5.41, 5.74) is 2.54. The third kappa shape index (κ3) is 3.79. The fraction of sp³-hybridized carbons (Fsp3) is 0.222. The maximum atomic E-state index is 12.2. The Hall–Kier alpha value is -2.14. The van der Waals surface area contributed by atoms with Crippen molar-refractivity contribution in [2.24, 2.45) is 11.8 Å². The van der Waals surface area contributed by atoms with E-state index < -0.39 is 0 Å². The highest BCUT2D eigenvalue weighted by molar-refractivity contribution is 9.10. The highest BCUT2D eigenvalue weighted by Gasteiger charge is 2.48. The van der Waals surface area contributed by atoms with E-state index in [1.807, 2.05) is 55.5 Å². The van der Waals surface area contributed by atoms with Crippen molar-refractivity contribution in [3.8, 4) is 0 Å². The quantitative estimate of drug-likeness (QED) is 0.852. The highest BCUT2D eigenvalue weighted by Crippen LogP contribution is 2.40. The van der Waals surface area contributed by atoms with Crippen molar-refractivity contribution in [2.75, 3.05) is 10.6 Å². The Kier molecular flexibility index (Phi) is 4.48. The zero-order chi connectivity index (χ0) is 16.4. The van der Waals surface area contributed by atoms with Crippen LogP contribution in [-0.4, -0.2) is 11.8 Å². The molecule has 0 saturated heterocycles. The van der Waals surface area contributed by atoms with Crippen LogP contribution in [-0.2, 0) is 9.59 Å². The van der Waals surface area contributed by atoms with Gasteiger partial charge in [-0.25, -0.2) is 0 Å². The summed E-state index contributed by atoms with van der Waals surface area (Å²) in [7, 11) is 0. The van der Waals surface area contributed by atoms with Crippen LogP contribution in [0.1, 0.15) is 12.0 Å². The van der Waals surface area contributed by atoms with E-state index in [4.69, 9.17) is 0 Å². The zero-order valence-corrected chi connectivity index (χ0v) is 14.3. The molecule has 0 aromatic heterocycles. The lowest BCUT2D eigenvalue weighted by atomic mass is 10.2. The van der Waals surface area contributed by atoms with Gasteiger partial charge in [-0.15, -0.1) is 0 Å². The summed E-state index contributed by atoms with van der Waals surface area (Å²) in [6.07, 6.45) is 0.595. The van der Waals surface area contributed by atoms with Crippen LogP contribution in [0.15, 0.2) is 53.0 Å². The molecule has 0 spiro atoms. The van der Waals surface area contributed by atoms with E-state index >= 15 is 0 Å². The van der Waals surface area contributed by atoms with E-state index in [9.17, 15) is 9.59 Å². The van der Waals surface area contributed by atoms with Crippen LogP contribution in [0.4, 0.5) is 11.4 Å². The molecule has 118 valence electrons. The second-order valence-corrected chi connectivity index (χ2v) is 6.67. The standard InChI is InChI=1S/C18H17BrN2O2/c1-11-5-2-3-8-16(11)21-18(23)15-10-14(15)17(22)20-13-7-4-6-12(19)9-13/h2-9,14-15H,10H2,1H3,(H,20,22)(H,21,23). The molecule has 23 heavy (non-hydrogen) atoms. The van der Waals surface area contributed by atoms with E-state index in [-0.39, 0.29) is 23.7 Å². The molecule has 0 radical (unpaired) electrons. The number of carbonyl (C=O) groups excluding carboxylic acids is 2. The molecular weight excluding hydrogens is 356 g/mol. The van der Waals surface area contributed by atoms with Crippen LogP contribution in [0, 0.1) is 18.8 Å². The van der Waals surface area contributed by atoms with Crippen LogP contribution in [0.3, 0.4) is 0 Å². The van der Waals surface area contributed by atoms with Gasteiger partial charge in [-0.1, -0.05) is 40.2 Å². The number of carbonyl (C=O) groups is 2. The first-order valence-electron chi connectivity index (χ1n) is 7.47. The SMILES string of the molecule is Cc1ccccc1NC(=O)C1CC1C(=O)Nc1cccc(Br)c1. The van der Waals surface area contributed by atoms with Crippen LogP contribution >= 0.6 is 15.9 Å². The summed E-state index contributed by atoms with van der Waals surface area (Å²) in [6, 6.07) is 15.0. The Bertz CT molecular complexity index is 760. The van der Waals surface area contributed by atoms with Gasteiger partial charge in [0.25, 0.3) is 0 Å². The van der Waals surface area contributed by atoms with Gasteiger partial charge in [-0.3, -0.25) is 9.59 Å². The van der Waals surface area contributed by atoms with E-state index in [1.165, 1.54) is 0 Å². The van der Waals surface area contributed by atoms with Gasteiger partial charge in [-0.05, 0) is 43.2 Å². The van der Waals surface area contributed by atoms with Gasteiger partial charge in [0.05, 0.1) is 11.8 Å². The van der Waals surface area contributed by atoms with E-state index in [0.29, 0.717) is 6.42 Å². The molecule has 2 aromatic rings. The molecule has 5 heteroatoms. The van der Waals surface area contributed by atoms with Gasteiger partial charge >= 0.3 is 0 Å². The van der Waals surface area contributed by atoms with Crippen molar-refractivity contribution in [1.82, 2.24) is 0 Å². The molecule has 2 N–H and O–H groups in total. The minimum atomic E-state index is -0.252. The second kappa shape index (κ2) is 6.54. The van der Waals surface area contributed by atoms with E-state index in [1.54, 1.807) is 0 Å². The Labute approximate surface area is 143 Å². The summed E-state index contributed by atoms with van der Waals surface area (Å²) < 4.78 is 0.903. The van der Waals surface area contributed by atoms with Crippen LogP contribution in [0.5, 0.6) is 0 Å². The number of nitrogens with one attached hydrogen (secondary N) is 2. The zero-order valence-electron chi connectivity index (χ0n) is 12.7. The molecule has 0 bridgehead atoms. The number of aryl methyl sites for hydroxylation is 1. The monoisotopic (exact) mass is 372 g/mol. The predicted molar refractivity (Wildman–Crippen MR) is 94.2 cm³/mol. The minimum Gasteiger partial charge on any atom is -0.326 e. The molecule has 2 unspecified atom stereocenters. The lowest BCUT2D eigenvalue weighted by Gasteiger charge is -2.08. The van der Waals surface area contributed by atoms with Crippen LogP contribution in [0.25, 0.3) is 0 Å². The second-order valence-electron chi connectivity index (χ2n) is 5.75. The molecule has 4 nitrogen and oxygen atoms in total. The third-order valence-electron chi connectivity index (χ3n) is 3.96. The van der Waals surface area contributed by atoms with Crippen molar-refractivity contribution < 1.29 is 9.59 Å². The number of anilines is 2. The normalized spacial score (nSPS) is 19.0. The number of hydrogen-bond acceptors (Lipinski definition) is 2. The van der Waals surface area contributed by atoms with E-state index in [2.05, 4.69) is 26.6 Å². The summed E-state index contributed by atoms with van der Waals surface area (Å²) in [5, 5.41) is 5.76. The summed E-state index contributed by atoms with van der Waals surface area (Å²) in [5.74, 6) is -0.693. The first-order chi connectivity index (χ1) is 11.0. The number of rotatable bonds is 4. The summed E-state index contributed by atoms with van der Waals surface area (Å²) in [4.78, 5) is 24.5. The minimum absolute atomic E-state index is 0.0892. The molecule has 2 atom stereocenters. The van der Waals surface area contributed by atoms with Crippen molar-refractivity contribution in [3.63, 3.8) is 0 Å². The van der Waals surface area contributed by atoms with Gasteiger partial charge in [0.1, 0.15) is 0 Å². The smallest absolute Gasteiger partial charge is 0.228 e. The fourth-order valence-corrected chi connectivity index (χ4v) is 2.91. The largest absolute Gasteiger partial charge is 0.326 e. The van der Waals surface area contributed by atoms with Crippen molar-refractivity contribution in [3.05, 3.63) is 58.6 Å². The Morgan fingerprint density at radius 1 is 1.00 bits per heavy atom. The van der Waals surface area contributed by atoms with E-state index in [0.717, 1.165) is 21.4 Å². The molecule has 0 aliphatic heterocycles. The predicted octanol–water partition coefficient (Wildman–Crippen LogP) is 3.97. The summed E-state index contributed by atoms with van der Waals surface area (Å²) in [6.45, 7) is 1.94. The molecule has 2 amide bonds. The van der Waals surface area contributed by atoms with Gasteiger partial charge < -0.3 is 10.6 Å². The average Bonchev–Trinajstić information content (AvgIpc) is 3.30. The van der Waals surface area contributed by atoms with Crippen LogP contribution in [0.2, 0.25) is 0 Å². The molecular formula is C18H17BrN2O2. The maximum absolute atomic E-state index is 12.2. The maximum Gasteiger partial charge on any atom is 0.228 e. The molecule has 1 saturated carbocycles. The van der Waals surface area contributed by atoms with Gasteiger partial charge in [0.2, 0.25) is 11.8 Å².